The summed E-state index contributed by atoms with van der Waals surface area (Å²) in [5.74, 6) is -5.26. The zero-order valence-corrected chi connectivity index (χ0v) is 17.3. The van der Waals surface area contributed by atoms with E-state index in [0.717, 1.165) is 5.56 Å². The predicted molar refractivity (Wildman–Crippen MR) is 111 cm³/mol. The van der Waals surface area contributed by atoms with Crippen LogP contribution < -0.4 is 5.32 Å². The average Bonchev–Trinajstić information content (AvgIpc) is 2.76. The summed E-state index contributed by atoms with van der Waals surface area (Å²) in [5.41, 5.74) is 0.889. The summed E-state index contributed by atoms with van der Waals surface area (Å²) < 4.78 is 10.0. The lowest BCUT2D eigenvalue weighted by molar-refractivity contribution is -0.384. The molecule has 0 saturated heterocycles. The van der Waals surface area contributed by atoms with Crippen molar-refractivity contribution in [3.63, 3.8) is 0 Å². The number of nitrogens with zero attached hydrogens (tertiary/aromatic N) is 1. The zero-order chi connectivity index (χ0) is 22.8. The van der Waals surface area contributed by atoms with Crippen molar-refractivity contribution in [3.8, 4) is 0 Å². The van der Waals surface area contributed by atoms with Gasteiger partial charge in [-0.25, -0.2) is 0 Å². The number of carbonyl (C=O) groups excluding carboxylic acids is 3. The van der Waals surface area contributed by atoms with Gasteiger partial charge < -0.3 is 14.8 Å². The van der Waals surface area contributed by atoms with E-state index in [9.17, 15) is 24.5 Å². The summed E-state index contributed by atoms with van der Waals surface area (Å²) in [6.45, 7) is 3.34. The molecular formula is C22H24N2O7. The Morgan fingerprint density at radius 1 is 0.935 bits per heavy atom. The Labute approximate surface area is 179 Å². The number of benzene rings is 2. The van der Waals surface area contributed by atoms with Crippen LogP contribution in [0.5, 0.6) is 0 Å². The lowest BCUT2D eigenvalue weighted by Crippen LogP contribution is -2.41. The maximum absolute atomic E-state index is 13.1. The van der Waals surface area contributed by atoms with Gasteiger partial charge in [-0.2, -0.15) is 0 Å². The highest BCUT2D eigenvalue weighted by Crippen LogP contribution is 2.29. The quantitative estimate of drug-likeness (QED) is 0.267. The van der Waals surface area contributed by atoms with Crippen LogP contribution in [0.1, 0.15) is 30.9 Å². The third-order valence-corrected chi connectivity index (χ3v) is 4.47. The summed E-state index contributed by atoms with van der Waals surface area (Å²) in [6.07, 6.45) is 0. The summed E-state index contributed by atoms with van der Waals surface area (Å²) in [5, 5.41) is 13.7. The molecule has 31 heavy (non-hydrogen) atoms. The third kappa shape index (κ3) is 6.36. The highest BCUT2D eigenvalue weighted by molar-refractivity contribution is 6.02. The lowest BCUT2D eigenvalue weighted by atomic mass is 9.84. The first kappa shape index (κ1) is 23.5. The van der Waals surface area contributed by atoms with Crippen LogP contribution in [-0.4, -0.2) is 36.0 Å². The molecule has 0 heterocycles. The molecule has 0 saturated carbocycles. The molecular weight excluding hydrogens is 404 g/mol. The van der Waals surface area contributed by atoms with Crippen LogP contribution in [0.15, 0.2) is 54.6 Å². The third-order valence-electron chi connectivity index (χ3n) is 4.47. The minimum absolute atomic E-state index is 0.00730. The molecule has 164 valence electrons. The van der Waals surface area contributed by atoms with Crippen LogP contribution in [0.4, 0.5) is 5.69 Å². The van der Waals surface area contributed by atoms with Crippen molar-refractivity contribution >= 4 is 23.5 Å². The van der Waals surface area contributed by atoms with Crippen LogP contribution in [0, 0.1) is 16.0 Å². The average molecular weight is 428 g/mol. The first-order valence-corrected chi connectivity index (χ1v) is 9.78. The van der Waals surface area contributed by atoms with Crippen LogP contribution in [0.2, 0.25) is 0 Å². The van der Waals surface area contributed by atoms with E-state index in [1.165, 1.54) is 24.3 Å². The molecule has 1 N–H and O–H groups in total. The van der Waals surface area contributed by atoms with E-state index in [0.29, 0.717) is 0 Å². The van der Waals surface area contributed by atoms with Crippen LogP contribution >= 0.6 is 0 Å². The van der Waals surface area contributed by atoms with Crippen molar-refractivity contribution < 1.29 is 28.8 Å². The second-order valence-electron chi connectivity index (χ2n) is 6.51. The number of hydrogen-bond acceptors (Lipinski definition) is 7. The molecule has 9 nitrogen and oxygen atoms in total. The van der Waals surface area contributed by atoms with Gasteiger partial charge in [0.2, 0.25) is 5.91 Å². The number of rotatable bonds is 10. The fraction of sp³-hybridized carbons (Fsp3) is 0.318. The largest absolute Gasteiger partial charge is 0.465 e. The van der Waals surface area contributed by atoms with Gasteiger partial charge in [-0.1, -0.05) is 42.5 Å². The van der Waals surface area contributed by atoms with Gasteiger partial charge >= 0.3 is 11.9 Å². The number of carbonyl (C=O) groups is 3. The molecule has 0 radical (unpaired) electrons. The maximum Gasteiger partial charge on any atom is 0.321 e. The topological polar surface area (TPSA) is 125 Å². The van der Waals surface area contributed by atoms with Crippen molar-refractivity contribution in [2.75, 3.05) is 13.2 Å². The number of non-ortho nitro benzene ring substituents is 1. The molecule has 1 unspecified atom stereocenters. The molecule has 1 amide bonds. The fourth-order valence-corrected chi connectivity index (χ4v) is 3.03. The fourth-order valence-electron chi connectivity index (χ4n) is 3.03. The first-order chi connectivity index (χ1) is 14.9. The second kappa shape index (κ2) is 11.4. The molecule has 0 aliphatic carbocycles. The van der Waals surface area contributed by atoms with Gasteiger partial charge in [0.15, 0.2) is 5.92 Å². The number of ether oxygens (including phenoxy) is 2. The Kier molecular flexibility index (Phi) is 8.68. The molecule has 0 aliphatic rings. The van der Waals surface area contributed by atoms with E-state index in [1.807, 2.05) is 30.3 Å². The van der Waals surface area contributed by atoms with Crippen LogP contribution in [0.25, 0.3) is 0 Å². The van der Waals surface area contributed by atoms with E-state index in [4.69, 9.17) is 9.47 Å². The molecule has 9 heteroatoms. The standard InChI is InChI=1S/C22H24N2O7/c1-3-30-21(26)19(22(27)31-4-2)18(16-10-12-17(13-11-16)24(28)29)20(25)23-14-15-8-6-5-7-9-15/h5-13,18-19H,3-4,14H2,1-2H3,(H,23,25). The van der Waals surface area contributed by atoms with E-state index < -0.39 is 34.6 Å². The summed E-state index contributed by atoms with van der Waals surface area (Å²) in [7, 11) is 0. The predicted octanol–water partition coefficient (Wildman–Crippen LogP) is 2.74. The Morgan fingerprint density at radius 3 is 1.97 bits per heavy atom. The van der Waals surface area contributed by atoms with E-state index in [-0.39, 0.29) is 31.0 Å². The first-order valence-electron chi connectivity index (χ1n) is 9.78. The Balaban J connectivity index is 2.42. The second-order valence-corrected chi connectivity index (χ2v) is 6.51. The monoisotopic (exact) mass is 428 g/mol. The van der Waals surface area contributed by atoms with Crippen molar-refractivity contribution in [1.29, 1.82) is 0 Å². The van der Waals surface area contributed by atoms with Gasteiger partial charge in [0.05, 0.1) is 24.1 Å². The molecule has 2 rings (SSSR count). The highest BCUT2D eigenvalue weighted by Gasteiger charge is 2.42. The number of nitro benzene ring substituents is 1. The number of esters is 2. The molecule has 2 aromatic rings. The SMILES string of the molecule is CCOC(=O)C(C(=O)OCC)C(C(=O)NCc1ccccc1)c1ccc([N+](=O)[O-])cc1. The molecule has 0 fully saturated rings. The highest BCUT2D eigenvalue weighted by atomic mass is 16.6. The van der Waals surface area contributed by atoms with E-state index in [2.05, 4.69) is 5.32 Å². The molecule has 0 aromatic heterocycles. The molecule has 0 bridgehead atoms. The van der Waals surface area contributed by atoms with Gasteiger partial charge in [-0.15, -0.1) is 0 Å². The number of amides is 1. The van der Waals surface area contributed by atoms with Crippen molar-refractivity contribution in [2.45, 2.75) is 26.3 Å². The van der Waals surface area contributed by atoms with Crippen molar-refractivity contribution in [1.82, 2.24) is 5.32 Å². The van der Waals surface area contributed by atoms with Gasteiger partial charge in [-0.05, 0) is 25.0 Å². The number of hydrogen-bond donors (Lipinski definition) is 1. The Morgan fingerprint density at radius 2 is 1.48 bits per heavy atom. The van der Waals surface area contributed by atoms with Crippen LogP contribution in [0.3, 0.4) is 0 Å². The van der Waals surface area contributed by atoms with Crippen molar-refractivity contribution in [2.24, 2.45) is 5.92 Å². The Hall–Kier alpha value is -3.75. The minimum atomic E-state index is -1.56. The van der Waals surface area contributed by atoms with Gasteiger partial charge in [0, 0.05) is 18.7 Å². The number of nitrogens with one attached hydrogen (secondary N) is 1. The van der Waals surface area contributed by atoms with E-state index >= 15 is 0 Å². The normalized spacial score (nSPS) is 11.5. The zero-order valence-electron chi connectivity index (χ0n) is 17.3. The number of nitro groups is 1. The summed E-state index contributed by atoms with van der Waals surface area (Å²) in [6, 6.07) is 14.2. The maximum atomic E-state index is 13.1. The van der Waals surface area contributed by atoms with Gasteiger partial charge in [0.25, 0.3) is 5.69 Å². The van der Waals surface area contributed by atoms with Gasteiger partial charge in [0.1, 0.15) is 0 Å². The van der Waals surface area contributed by atoms with E-state index in [1.54, 1.807) is 13.8 Å². The molecule has 1 atom stereocenters. The summed E-state index contributed by atoms with van der Waals surface area (Å²) in [4.78, 5) is 48.8. The van der Waals surface area contributed by atoms with Gasteiger partial charge in [-0.3, -0.25) is 24.5 Å². The molecule has 0 aliphatic heterocycles. The molecule has 2 aromatic carbocycles. The summed E-state index contributed by atoms with van der Waals surface area (Å²) >= 11 is 0. The van der Waals surface area contributed by atoms with Crippen LogP contribution in [-0.2, 0) is 30.4 Å². The minimum Gasteiger partial charge on any atom is -0.465 e. The molecule has 0 spiro atoms. The Bertz CT molecular complexity index is 895. The van der Waals surface area contributed by atoms with Crippen molar-refractivity contribution in [3.05, 3.63) is 75.8 Å². The lowest BCUT2D eigenvalue weighted by Gasteiger charge is -2.24. The smallest absolute Gasteiger partial charge is 0.321 e.